The SMILES string of the molecule is [2H]c1nc(Br)nc([2H])c1[2H]. The van der Waals surface area contributed by atoms with E-state index in [1.165, 1.54) is 0 Å². The van der Waals surface area contributed by atoms with Gasteiger partial charge in [0.25, 0.3) is 0 Å². The van der Waals surface area contributed by atoms with Gasteiger partial charge in [-0.3, -0.25) is 0 Å². The molecule has 2 nitrogen and oxygen atoms in total. The molecule has 0 unspecified atom stereocenters. The maximum absolute atomic E-state index is 7.02. The fraction of sp³-hybridized carbons (Fsp3) is 0. The van der Waals surface area contributed by atoms with Gasteiger partial charge in [-0.05, 0) is 22.0 Å². The standard InChI is InChI=1S/C4H3BrN2/c5-4-6-2-1-3-7-4/h1-3H/i1D,2D,3D. The summed E-state index contributed by atoms with van der Waals surface area (Å²) in [7, 11) is 0. The van der Waals surface area contributed by atoms with Crippen molar-refractivity contribution in [2.75, 3.05) is 0 Å². The molecule has 0 fully saturated rings. The second-order valence-electron chi connectivity index (χ2n) is 0.841. The summed E-state index contributed by atoms with van der Waals surface area (Å²) in [6, 6.07) is -0.247. The van der Waals surface area contributed by atoms with E-state index in [9.17, 15) is 0 Å². The van der Waals surface area contributed by atoms with Crippen LogP contribution in [-0.4, -0.2) is 9.97 Å². The molecule has 0 atom stereocenters. The summed E-state index contributed by atoms with van der Waals surface area (Å²) < 4.78 is 21.2. The number of rotatable bonds is 0. The van der Waals surface area contributed by atoms with E-state index in [0.29, 0.717) is 0 Å². The van der Waals surface area contributed by atoms with E-state index < -0.39 is 0 Å². The highest BCUT2D eigenvalue weighted by molar-refractivity contribution is 9.10. The fourth-order valence-corrected chi connectivity index (χ4v) is 0.375. The molecule has 0 aliphatic heterocycles. The van der Waals surface area contributed by atoms with E-state index in [-0.39, 0.29) is 23.1 Å². The molecule has 0 spiro atoms. The van der Waals surface area contributed by atoms with Crippen molar-refractivity contribution in [3.05, 3.63) is 23.1 Å². The summed E-state index contributed by atoms with van der Waals surface area (Å²) >= 11 is 2.90. The molecule has 1 aromatic rings. The molecule has 0 saturated heterocycles. The summed E-state index contributed by atoms with van der Waals surface area (Å²) in [6.07, 6.45) is -0.459. The van der Waals surface area contributed by atoms with Crippen LogP contribution < -0.4 is 0 Å². The Labute approximate surface area is 54.0 Å². The summed E-state index contributed by atoms with van der Waals surface area (Å²) in [5.41, 5.74) is 0. The van der Waals surface area contributed by atoms with E-state index in [2.05, 4.69) is 25.9 Å². The Balaban J connectivity index is 3.31. The van der Waals surface area contributed by atoms with Crippen LogP contribution in [0.3, 0.4) is 0 Å². The smallest absolute Gasteiger partial charge is 0.196 e. The maximum Gasteiger partial charge on any atom is 0.196 e. The molecule has 0 aromatic carbocycles. The highest BCUT2D eigenvalue weighted by Gasteiger charge is 1.77. The lowest BCUT2D eigenvalue weighted by Gasteiger charge is -1.79. The van der Waals surface area contributed by atoms with Crippen molar-refractivity contribution >= 4 is 15.9 Å². The van der Waals surface area contributed by atoms with Gasteiger partial charge < -0.3 is 0 Å². The van der Waals surface area contributed by atoms with Crippen LogP contribution in [0.1, 0.15) is 4.11 Å². The van der Waals surface area contributed by atoms with Crippen LogP contribution in [0.2, 0.25) is 0 Å². The molecular formula is C4H3BrN2. The second kappa shape index (κ2) is 2.02. The van der Waals surface area contributed by atoms with Gasteiger partial charge in [-0.1, -0.05) is 0 Å². The fourth-order valence-electron chi connectivity index (χ4n) is 0.198. The Bertz CT molecular complexity index is 242. The molecule has 0 aliphatic carbocycles. The summed E-state index contributed by atoms with van der Waals surface area (Å²) in [5.74, 6) is 0. The predicted molar refractivity (Wildman–Crippen MR) is 29.7 cm³/mol. The molecule has 0 N–H and O–H groups in total. The zero-order valence-corrected chi connectivity index (χ0v) is 4.86. The van der Waals surface area contributed by atoms with Gasteiger partial charge in [-0.15, -0.1) is 0 Å². The molecule has 0 radical (unpaired) electrons. The highest BCUT2D eigenvalue weighted by Crippen LogP contribution is 1.94. The van der Waals surface area contributed by atoms with Crippen molar-refractivity contribution in [1.29, 1.82) is 0 Å². The summed E-state index contributed by atoms with van der Waals surface area (Å²) in [6.45, 7) is 0. The third-order valence-electron chi connectivity index (χ3n) is 0.408. The first kappa shape index (κ1) is 2.22. The predicted octanol–water partition coefficient (Wildman–Crippen LogP) is 1.24. The van der Waals surface area contributed by atoms with Crippen molar-refractivity contribution in [2.45, 2.75) is 0 Å². The van der Waals surface area contributed by atoms with Gasteiger partial charge in [0.15, 0.2) is 4.73 Å². The zero-order chi connectivity index (χ0) is 7.72. The van der Waals surface area contributed by atoms with Crippen LogP contribution in [0.15, 0.2) is 23.1 Å². The minimum atomic E-state index is -0.247. The van der Waals surface area contributed by atoms with Gasteiger partial charge in [0, 0.05) is 12.3 Å². The monoisotopic (exact) mass is 161 g/mol. The van der Waals surface area contributed by atoms with Crippen LogP contribution >= 0.6 is 15.9 Å². The van der Waals surface area contributed by atoms with Crippen LogP contribution in [0.4, 0.5) is 0 Å². The zero-order valence-electron chi connectivity index (χ0n) is 6.27. The van der Waals surface area contributed by atoms with Crippen molar-refractivity contribution in [1.82, 2.24) is 9.97 Å². The summed E-state index contributed by atoms with van der Waals surface area (Å²) in [4.78, 5) is 7.00. The Morgan fingerprint density at radius 3 is 2.71 bits per heavy atom. The number of nitrogens with zero attached hydrogens (tertiary/aromatic N) is 2. The van der Waals surface area contributed by atoms with Crippen LogP contribution in [0.25, 0.3) is 0 Å². The van der Waals surface area contributed by atoms with Crippen molar-refractivity contribution in [3.63, 3.8) is 0 Å². The number of hydrogen-bond acceptors (Lipinski definition) is 2. The molecule has 0 bridgehead atoms. The summed E-state index contributed by atoms with van der Waals surface area (Å²) in [5, 5.41) is 0. The lowest BCUT2D eigenvalue weighted by Crippen LogP contribution is -1.74. The van der Waals surface area contributed by atoms with Crippen molar-refractivity contribution in [2.24, 2.45) is 0 Å². The molecule has 3 heteroatoms. The van der Waals surface area contributed by atoms with E-state index >= 15 is 0 Å². The van der Waals surface area contributed by atoms with Gasteiger partial charge >= 0.3 is 0 Å². The van der Waals surface area contributed by atoms with Crippen molar-refractivity contribution in [3.8, 4) is 0 Å². The molecular weight excluding hydrogens is 156 g/mol. The van der Waals surface area contributed by atoms with Gasteiger partial charge in [0.2, 0.25) is 0 Å². The largest absolute Gasteiger partial charge is 0.231 e. The highest BCUT2D eigenvalue weighted by atomic mass is 79.9. The normalized spacial score (nSPS) is 14.7. The van der Waals surface area contributed by atoms with Crippen LogP contribution in [-0.2, 0) is 0 Å². The third kappa shape index (κ3) is 1.23. The minimum absolute atomic E-state index is 0.179. The molecule has 0 amide bonds. The van der Waals surface area contributed by atoms with Crippen LogP contribution in [0.5, 0.6) is 0 Å². The van der Waals surface area contributed by atoms with E-state index in [1.807, 2.05) is 0 Å². The maximum atomic E-state index is 7.02. The van der Waals surface area contributed by atoms with Gasteiger partial charge in [-0.25, -0.2) is 9.97 Å². The van der Waals surface area contributed by atoms with E-state index in [0.717, 1.165) is 0 Å². The molecule has 0 saturated carbocycles. The van der Waals surface area contributed by atoms with Gasteiger partial charge in [0.05, 0.1) is 4.11 Å². The molecule has 0 aliphatic rings. The molecule has 36 valence electrons. The average Bonchev–Trinajstić information content (AvgIpc) is 1.82. The first-order chi connectivity index (χ1) is 4.61. The van der Waals surface area contributed by atoms with Gasteiger partial charge in [-0.2, -0.15) is 0 Å². The average molecular weight is 162 g/mol. The van der Waals surface area contributed by atoms with E-state index in [4.69, 9.17) is 4.11 Å². The molecule has 1 aromatic heterocycles. The minimum Gasteiger partial charge on any atom is -0.231 e. The Morgan fingerprint density at radius 1 is 1.57 bits per heavy atom. The number of hydrogen-bond donors (Lipinski definition) is 0. The Hall–Kier alpha value is -0.440. The molecule has 1 heterocycles. The van der Waals surface area contributed by atoms with Crippen molar-refractivity contribution < 1.29 is 4.11 Å². The van der Waals surface area contributed by atoms with E-state index in [1.54, 1.807) is 0 Å². The number of halogens is 1. The third-order valence-corrected chi connectivity index (χ3v) is 0.763. The lowest BCUT2D eigenvalue weighted by molar-refractivity contribution is 1.11. The quantitative estimate of drug-likeness (QED) is 0.536. The Morgan fingerprint density at radius 2 is 2.14 bits per heavy atom. The lowest BCUT2D eigenvalue weighted by atomic mass is 10.7. The topological polar surface area (TPSA) is 25.8 Å². The molecule has 1 rings (SSSR count). The van der Waals surface area contributed by atoms with Gasteiger partial charge in [0.1, 0.15) is 0 Å². The first-order valence-electron chi connectivity index (χ1n) is 3.08. The Kier molecular flexibility index (Phi) is 0.641. The number of aromatic nitrogens is 2. The van der Waals surface area contributed by atoms with Crippen LogP contribution in [0, 0.1) is 0 Å². The first-order valence-corrected chi connectivity index (χ1v) is 2.38. The second-order valence-corrected chi connectivity index (χ2v) is 1.55. The molecule has 7 heavy (non-hydrogen) atoms.